The molecule has 58 valence electrons. The van der Waals surface area contributed by atoms with Gasteiger partial charge in [-0.15, -0.1) is 0 Å². The van der Waals surface area contributed by atoms with Crippen LogP contribution in [-0.2, 0) is 4.79 Å². The summed E-state index contributed by atoms with van der Waals surface area (Å²) in [6.45, 7) is 3.97. The van der Waals surface area contributed by atoms with Crippen molar-refractivity contribution in [3.8, 4) is 0 Å². The van der Waals surface area contributed by atoms with Crippen molar-refractivity contribution in [1.29, 1.82) is 0 Å². The highest BCUT2D eigenvalue weighted by atomic mass is 16.4. The highest BCUT2D eigenvalue weighted by molar-refractivity contribution is 5.68. The predicted molar refractivity (Wildman–Crippen MR) is 37.7 cm³/mol. The van der Waals surface area contributed by atoms with E-state index in [4.69, 9.17) is 5.11 Å². The summed E-state index contributed by atoms with van der Waals surface area (Å²) in [7, 11) is 0. The maximum Gasteiger partial charge on any atom is 0.317 e. The summed E-state index contributed by atoms with van der Waals surface area (Å²) in [5, 5.41) is 7.60. The van der Waals surface area contributed by atoms with E-state index in [0.29, 0.717) is 0 Å². The van der Waals surface area contributed by atoms with E-state index in [9.17, 15) is 4.79 Å². The third kappa shape index (κ3) is 111. The van der Waals surface area contributed by atoms with Gasteiger partial charge in [-0.25, -0.2) is 0 Å². The fraction of sp³-hybridized carbons (Fsp3) is 0.800. The molecule has 4 heteroatoms. The number of hydrogen-bond acceptors (Lipinski definition) is 3. The Bertz CT molecular complexity index is 56.9. The molecule has 0 aromatic heterocycles. The third-order valence-corrected chi connectivity index (χ3v) is 0.175. The molecule has 0 rings (SSSR count). The molecule has 0 aliphatic carbocycles. The lowest BCUT2D eigenvalue weighted by atomic mass is 10.6. The number of carboxylic acid groups (broad SMARTS) is 1. The summed E-state index contributed by atoms with van der Waals surface area (Å²) in [5.74, 6) is -0.968. The van der Waals surface area contributed by atoms with Gasteiger partial charge in [-0.1, -0.05) is 20.3 Å². The lowest BCUT2D eigenvalue weighted by molar-refractivity contribution is -0.135. The Morgan fingerprint density at radius 1 is 1.56 bits per heavy atom. The Kier molecular flexibility index (Phi) is 27.4. The summed E-state index contributed by atoms with van der Waals surface area (Å²) in [6.07, 6.45) is 1.25. The Labute approximate surface area is 55.6 Å². The first-order valence-electron chi connectivity index (χ1n) is 2.60. The van der Waals surface area contributed by atoms with E-state index < -0.39 is 5.97 Å². The maximum atomic E-state index is 9.24. The summed E-state index contributed by atoms with van der Waals surface area (Å²) in [4.78, 5) is 9.24. The van der Waals surface area contributed by atoms with Crippen molar-refractivity contribution >= 4 is 5.97 Å². The van der Waals surface area contributed by atoms with Gasteiger partial charge in [-0.2, -0.15) is 0 Å². The molecule has 0 unspecified atom stereocenters. The minimum absolute atomic E-state index is 0. The van der Waals surface area contributed by atoms with Crippen molar-refractivity contribution in [3.05, 3.63) is 0 Å². The normalized spacial score (nSPS) is 6.11. The van der Waals surface area contributed by atoms with E-state index in [-0.39, 0.29) is 12.7 Å². The first-order valence-corrected chi connectivity index (χ1v) is 2.60. The molecule has 0 amide bonds. The second-order valence-electron chi connectivity index (χ2n) is 1.30. The summed E-state index contributed by atoms with van der Waals surface area (Å²) in [5.41, 5.74) is 4.57. The molecule has 0 atom stereocenters. The molecule has 0 aromatic carbocycles. The van der Waals surface area contributed by atoms with Gasteiger partial charge in [0.15, 0.2) is 0 Å². The molecule has 9 heavy (non-hydrogen) atoms. The highest BCUT2D eigenvalue weighted by Gasteiger charge is 1.81. The molecule has 0 fully saturated rings. The Morgan fingerprint density at radius 2 is 1.67 bits per heavy atom. The minimum atomic E-state index is -0.968. The van der Waals surface area contributed by atoms with Gasteiger partial charge in [0.1, 0.15) is 0 Å². The van der Waals surface area contributed by atoms with E-state index in [1.165, 1.54) is 6.42 Å². The Morgan fingerprint density at radius 3 is 1.67 bits per heavy atom. The van der Waals surface area contributed by atoms with Crippen LogP contribution in [0.5, 0.6) is 0 Å². The van der Waals surface area contributed by atoms with Gasteiger partial charge in [0.05, 0.1) is 6.54 Å². The third-order valence-electron chi connectivity index (χ3n) is 0.175. The average molecular weight is 136 g/mol. The zero-order valence-corrected chi connectivity index (χ0v) is 6.05. The van der Waals surface area contributed by atoms with Crippen LogP contribution in [0, 0.1) is 0 Å². The van der Waals surface area contributed by atoms with E-state index in [1.54, 1.807) is 0 Å². The molecule has 6 N–H and O–H groups in total. The van der Waals surface area contributed by atoms with Gasteiger partial charge < -0.3 is 17.0 Å². The quantitative estimate of drug-likeness (QED) is 0.491. The zero-order chi connectivity index (χ0) is 6.99. The van der Waals surface area contributed by atoms with Gasteiger partial charge in [0.25, 0.3) is 0 Å². The van der Waals surface area contributed by atoms with Crippen LogP contribution in [0.25, 0.3) is 0 Å². The molecule has 0 aromatic rings. The van der Waals surface area contributed by atoms with E-state index >= 15 is 0 Å². The van der Waals surface area contributed by atoms with Crippen LogP contribution in [0.3, 0.4) is 0 Å². The molecule has 0 aliphatic heterocycles. The van der Waals surface area contributed by atoms with E-state index in [2.05, 4.69) is 19.6 Å². The lowest BCUT2D eigenvalue weighted by Crippen LogP contribution is -2.10. The first kappa shape index (κ1) is 15.8. The van der Waals surface area contributed by atoms with Gasteiger partial charge in [-0.3, -0.25) is 4.79 Å². The molecule has 0 heterocycles. The molecule has 0 saturated heterocycles. The molecular formula is C5H16N2O2. The van der Waals surface area contributed by atoms with Crippen molar-refractivity contribution in [3.63, 3.8) is 0 Å². The Balaban J connectivity index is -0.0000000800. The van der Waals surface area contributed by atoms with Gasteiger partial charge >= 0.3 is 5.97 Å². The monoisotopic (exact) mass is 136 g/mol. The predicted octanol–water partition coefficient (Wildman–Crippen LogP) is 0.608. The van der Waals surface area contributed by atoms with Crippen molar-refractivity contribution in [2.24, 2.45) is 5.73 Å². The number of hydrogen-bond donors (Lipinski definition) is 3. The van der Waals surface area contributed by atoms with Gasteiger partial charge in [0, 0.05) is 0 Å². The number of carboxylic acids is 1. The van der Waals surface area contributed by atoms with Crippen LogP contribution in [0.4, 0.5) is 0 Å². The number of rotatable bonds is 1. The van der Waals surface area contributed by atoms with Crippen molar-refractivity contribution in [2.75, 3.05) is 6.54 Å². The van der Waals surface area contributed by atoms with Gasteiger partial charge in [0.2, 0.25) is 0 Å². The molecule has 4 nitrogen and oxygen atoms in total. The van der Waals surface area contributed by atoms with Crippen LogP contribution in [0.15, 0.2) is 0 Å². The molecule has 0 radical (unpaired) electrons. The summed E-state index contributed by atoms with van der Waals surface area (Å²) in [6, 6.07) is 0. The van der Waals surface area contributed by atoms with Crippen molar-refractivity contribution in [1.82, 2.24) is 6.15 Å². The standard InChI is InChI=1S/C3H8.C2H5NO2.H3N/c1-3-2;3-1-2(4)5;/h3H2,1-2H3;1,3H2,(H,4,5);1H3. The molecule has 0 aliphatic rings. The summed E-state index contributed by atoms with van der Waals surface area (Å²) < 4.78 is 0. The van der Waals surface area contributed by atoms with Crippen LogP contribution >= 0.6 is 0 Å². The van der Waals surface area contributed by atoms with Crippen LogP contribution in [0.2, 0.25) is 0 Å². The highest BCUT2D eigenvalue weighted by Crippen LogP contribution is 1.56. The number of aliphatic carboxylic acids is 1. The van der Waals surface area contributed by atoms with Crippen molar-refractivity contribution < 1.29 is 9.90 Å². The molecule has 0 bridgehead atoms. The number of nitrogens with two attached hydrogens (primary N) is 1. The molecule has 0 spiro atoms. The zero-order valence-electron chi connectivity index (χ0n) is 6.05. The lowest BCUT2D eigenvalue weighted by Gasteiger charge is -1.73. The van der Waals surface area contributed by atoms with E-state index in [0.717, 1.165) is 0 Å². The number of carbonyl (C=O) groups is 1. The van der Waals surface area contributed by atoms with Crippen LogP contribution in [-0.4, -0.2) is 17.6 Å². The second-order valence-corrected chi connectivity index (χ2v) is 1.30. The first-order chi connectivity index (χ1) is 3.68. The molecule has 0 saturated carbocycles. The second kappa shape index (κ2) is 15.7. The van der Waals surface area contributed by atoms with Crippen LogP contribution < -0.4 is 11.9 Å². The SMILES string of the molecule is CCC.N.NCC(=O)O. The van der Waals surface area contributed by atoms with E-state index in [1.807, 2.05) is 0 Å². The van der Waals surface area contributed by atoms with Gasteiger partial charge in [-0.05, 0) is 0 Å². The maximum absolute atomic E-state index is 9.24. The summed E-state index contributed by atoms with van der Waals surface area (Å²) >= 11 is 0. The van der Waals surface area contributed by atoms with Crippen LogP contribution in [0.1, 0.15) is 20.3 Å². The minimum Gasteiger partial charge on any atom is -0.480 e. The largest absolute Gasteiger partial charge is 0.480 e. The van der Waals surface area contributed by atoms with Crippen molar-refractivity contribution in [2.45, 2.75) is 20.3 Å². The molecular weight excluding hydrogens is 120 g/mol. The Hall–Kier alpha value is -0.610. The smallest absolute Gasteiger partial charge is 0.317 e. The topological polar surface area (TPSA) is 98.3 Å². The average Bonchev–Trinajstić information content (AvgIpc) is 1.69. The fourth-order valence-electron chi connectivity index (χ4n) is 0. The fourth-order valence-corrected chi connectivity index (χ4v) is 0.